The van der Waals surface area contributed by atoms with E-state index in [1.54, 1.807) is 0 Å². The SMILES string of the molecule is CCN(c1cc(Br)cc(Cc2ccccc2)c1C)C1CCN(C(=O)OC(C)(C)C)CC1. The lowest BCUT2D eigenvalue weighted by Crippen LogP contribution is -2.48. The zero-order valence-corrected chi connectivity index (χ0v) is 21.0. The third kappa shape index (κ3) is 6.25. The van der Waals surface area contributed by atoms with Crippen LogP contribution >= 0.6 is 15.9 Å². The first-order chi connectivity index (χ1) is 14.7. The number of anilines is 1. The van der Waals surface area contributed by atoms with E-state index >= 15 is 0 Å². The molecule has 2 aromatic carbocycles. The summed E-state index contributed by atoms with van der Waals surface area (Å²) in [4.78, 5) is 16.8. The molecule has 4 nitrogen and oxygen atoms in total. The van der Waals surface area contributed by atoms with E-state index < -0.39 is 5.60 Å². The van der Waals surface area contributed by atoms with E-state index in [9.17, 15) is 4.79 Å². The normalized spacial score (nSPS) is 15.1. The van der Waals surface area contributed by atoms with Gasteiger partial charge < -0.3 is 14.5 Å². The number of amides is 1. The molecule has 0 bridgehead atoms. The second kappa shape index (κ2) is 10.1. The average molecular weight is 487 g/mol. The van der Waals surface area contributed by atoms with Crippen LogP contribution in [0.1, 0.15) is 57.2 Å². The molecular weight excluding hydrogens is 452 g/mol. The molecule has 31 heavy (non-hydrogen) atoms. The molecule has 1 fully saturated rings. The van der Waals surface area contributed by atoms with E-state index in [1.165, 1.54) is 22.4 Å². The molecule has 0 unspecified atom stereocenters. The number of carbonyl (C=O) groups excluding carboxylic acids is 1. The van der Waals surface area contributed by atoms with Crippen LogP contribution in [0, 0.1) is 6.92 Å². The largest absolute Gasteiger partial charge is 0.444 e. The van der Waals surface area contributed by atoms with Crippen molar-refractivity contribution < 1.29 is 9.53 Å². The van der Waals surface area contributed by atoms with Crippen molar-refractivity contribution in [2.75, 3.05) is 24.5 Å². The quantitative estimate of drug-likeness (QED) is 0.478. The van der Waals surface area contributed by atoms with E-state index in [0.29, 0.717) is 6.04 Å². The van der Waals surface area contributed by atoms with Gasteiger partial charge in [-0.3, -0.25) is 0 Å². The Morgan fingerprint density at radius 3 is 2.39 bits per heavy atom. The van der Waals surface area contributed by atoms with Crippen molar-refractivity contribution in [2.45, 2.75) is 65.5 Å². The van der Waals surface area contributed by atoms with Crippen molar-refractivity contribution in [1.82, 2.24) is 4.90 Å². The topological polar surface area (TPSA) is 32.8 Å². The van der Waals surface area contributed by atoms with Crippen molar-refractivity contribution in [2.24, 2.45) is 0 Å². The summed E-state index contributed by atoms with van der Waals surface area (Å²) in [5.74, 6) is 0. The molecule has 0 spiro atoms. The molecule has 1 saturated heterocycles. The highest BCUT2D eigenvalue weighted by Gasteiger charge is 2.30. The van der Waals surface area contributed by atoms with Gasteiger partial charge in [0.1, 0.15) is 5.60 Å². The van der Waals surface area contributed by atoms with Crippen molar-refractivity contribution >= 4 is 27.7 Å². The number of rotatable bonds is 5. The summed E-state index contributed by atoms with van der Waals surface area (Å²) >= 11 is 3.74. The van der Waals surface area contributed by atoms with Gasteiger partial charge in [0.2, 0.25) is 0 Å². The molecule has 1 heterocycles. The summed E-state index contributed by atoms with van der Waals surface area (Å²) < 4.78 is 6.67. The molecule has 2 aromatic rings. The van der Waals surface area contributed by atoms with Crippen LogP contribution in [-0.4, -0.2) is 42.3 Å². The summed E-state index contributed by atoms with van der Waals surface area (Å²) in [6.45, 7) is 12.6. The maximum absolute atomic E-state index is 12.4. The molecule has 0 radical (unpaired) electrons. The fraction of sp³-hybridized carbons (Fsp3) is 0.500. The molecule has 1 aliphatic rings. The van der Waals surface area contributed by atoms with Crippen molar-refractivity contribution in [1.29, 1.82) is 0 Å². The van der Waals surface area contributed by atoms with Gasteiger partial charge in [-0.05, 0) is 82.7 Å². The predicted molar refractivity (Wildman–Crippen MR) is 132 cm³/mol. The minimum Gasteiger partial charge on any atom is -0.444 e. The van der Waals surface area contributed by atoms with Crippen molar-refractivity contribution in [3.8, 4) is 0 Å². The Bertz CT molecular complexity index is 884. The summed E-state index contributed by atoms with van der Waals surface area (Å²) in [5.41, 5.74) is 4.84. The molecule has 1 amide bonds. The van der Waals surface area contributed by atoms with Gasteiger partial charge in [-0.2, -0.15) is 0 Å². The molecule has 5 heteroatoms. The highest BCUT2D eigenvalue weighted by molar-refractivity contribution is 9.10. The van der Waals surface area contributed by atoms with E-state index in [0.717, 1.165) is 43.4 Å². The summed E-state index contributed by atoms with van der Waals surface area (Å²) in [5, 5.41) is 0. The van der Waals surface area contributed by atoms with Gasteiger partial charge >= 0.3 is 6.09 Å². The van der Waals surface area contributed by atoms with Crippen LogP contribution in [0.3, 0.4) is 0 Å². The van der Waals surface area contributed by atoms with Crippen LogP contribution in [0.4, 0.5) is 10.5 Å². The van der Waals surface area contributed by atoms with E-state index in [1.807, 2.05) is 25.7 Å². The van der Waals surface area contributed by atoms with Crippen LogP contribution in [0.25, 0.3) is 0 Å². The van der Waals surface area contributed by atoms with Gasteiger partial charge in [0.25, 0.3) is 0 Å². The second-order valence-corrected chi connectivity index (χ2v) is 10.3. The summed E-state index contributed by atoms with van der Waals surface area (Å²) in [6, 6.07) is 15.5. The molecule has 0 atom stereocenters. The number of benzene rings is 2. The average Bonchev–Trinajstić information content (AvgIpc) is 2.72. The highest BCUT2D eigenvalue weighted by Crippen LogP contribution is 2.33. The number of hydrogen-bond acceptors (Lipinski definition) is 3. The van der Waals surface area contributed by atoms with Crippen LogP contribution in [-0.2, 0) is 11.2 Å². The number of hydrogen-bond donors (Lipinski definition) is 0. The predicted octanol–water partition coefficient (Wildman–Crippen LogP) is 6.57. The van der Waals surface area contributed by atoms with Gasteiger partial charge in [-0.15, -0.1) is 0 Å². The van der Waals surface area contributed by atoms with Crippen molar-refractivity contribution in [3.63, 3.8) is 0 Å². The Morgan fingerprint density at radius 2 is 1.81 bits per heavy atom. The fourth-order valence-electron chi connectivity index (χ4n) is 4.33. The smallest absolute Gasteiger partial charge is 0.410 e. The van der Waals surface area contributed by atoms with Crippen LogP contribution in [0.2, 0.25) is 0 Å². The lowest BCUT2D eigenvalue weighted by molar-refractivity contribution is 0.0205. The summed E-state index contributed by atoms with van der Waals surface area (Å²) in [7, 11) is 0. The van der Waals surface area contributed by atoms with Gasteiger partial charge in [-0.25, -0.2) is 4.79 Å². The minimum absolute atomic E-state index is 0.196. The van der Waals surface area contributed by atoms with Crippen LogP contribution in [0.5, 0.6) is 0 Å². The first-order valence-corrected chi connectivity index (χ1v) is 12.0. The van der Waals surface area contributed by atoms with E-state index in [-0.39, 0.29) is 6.09 Å². The number of ether oxygens (including phenoxy) is 1. The van der Waals surface area contributed by atoms with Gasteiger partial charge in [0, 0.05) is 35.8 Å². The Hall–Kier alpha value is -2.01. The van der Waals surface area contributed by atoms with Gasteiger partial charge in [0.15, 0.2) is 0 Å². The number of likely N-dealkylation sites (tertiary alicyclic amines) is 1. The lowest BCUT2D eigenvalue weighted by atomic mass is 9.96. The second-order valence-electron chi connectivity index (χ2n) is 9.36. The fourth-order valence-corrected chi connectivity index (χ4v) is 4.82. The molecule has 0 aliphatic carbocycles. The van der Waals surface area contributed by atoms with Crippen LogP contribution in [0.15, 0.2) is 46.9 Å². The van der Waals surface area contributed by atoms with Crippen LogP contribution < -0.4 is 4.90 Å². The number of carbonyl (C=O) groups is 1. The zero-order valence-electron chi connectivity index (χ0n) is 19.5. The molecule has 168 valence electrons. The standard InChI is InChI=1S/C26H35BrN2O2/c1-6-29(23-12-14-28(15-13-23)25(30)31-26(3,4)5)24-18-22(27)17-21(19(24)2)16-20-10-8-7-9-11-20/h7-11,17-18,23H,6,12-16H2,1-5H3. The van der Waals surface area contributed by atoms with E-state index in [4.69, 9.17) is 4.74 Å². The lowest BCUT2D eigenvalue weighted by Gasteiger charge is -2.40. The first-order valence-electron chi connectivity index (χ1n) is 11.3. The number of piperidine rings is 1. The molecule has 1 aliphatic heterocycles. The maximum Gasteiger partial charge on any atom is 0.410 e. The molecule has 3 rings (SSSR count). The Morgan fingerprint density at radius 1 is 1.16 bits per heavy atom. The molecule has 0 N–H and O–H groups in total. The Kier molecular flexibility index (Phi) is 7.68. The maximum atomic E-state index is 12.4. The van der Waals surface area contributed by atoms with E-state index in [2.05, 4.69) is 77.1 Å². The monoisotopic (exact) mass is 486 g/mol. The third-order valence-corrected chi connectivity index (χ3v) is 6.35. The first kappa shape index (κ1) is 23.6. The molecule has 0 saturated carbocycles. The number of halogens is 1. The highest BCUT2D eigenvalue weighted by atomic mass is 79.9. The number of nitrogens with zero attached hydrogens (tertiary/aromatic N) is 2. The van der Waals surface area contributed by atoms with Crippen molar-refractivity contribution in [3.05, 3.63) is 63.6 Å². The third-order valence-electron chi connectivity index (χ3n) is 5.90. The van der Waals surface area contributed by atoms with Gasteiger partial charge in [0.05, 0.1) is 0 Å². The Balaban J connectivity index is 1.75. The summed E-state index contributed by atoms with van der Waals surface area (Å²) in [6.07, 6.45) is 2.63. The molecular formula is C26H35BrN2O2. The van der Waals surface area contributed by atoms with Gasteiger partial charge in [-0.1, -0.05) is 46.3 Å². The Labute approximate surface area is 195 Å². The minimum atomic E-state index is -0.452. The molecule has 0 aromatic heterocycles. The zero-order chi connectivity index (χ0) is 22.6.